The fourth-order valence-electron chi connectivity index (χ4n) is 6.94. The van der Waals surface area contributed by atoms with Gasteiger partial charge < -0.3 is 137 Å². The molecule has 0 aromatic carbocycles. The summed E-state index contributed by atoms with van der Waals surface area (Å²) >= 11 is 0. The van der Waals surface area contributed by atoms with Crippen LogP contribution in [0.5, 0.6) is 0 Å². The summed E-state index contributed by atoms with van der Waals surface area (Å²) in [6, 6.07) is -3.87. The molecular weight excluding hydrogens is 1500 g/mol. The molecular formula is C35H75N3O49S8-10. The van der Waals surface area contributed by atoms with Gasteiger partial charge in [-0.15, -0.1) is 0 Å². The summed E-state index contributed by atoms with van der Waals surface area (Å²) in [7, 11) is -37.4. The van der Waals surface area contributed by atoms with Gasteiger partial charge in [0, 0.05) is 39.9 Å². The zero-order chi connectivity index (χ0) is 68.8. The van der Waals surface area contributed by atoms with E-state index in [2.05, 4.69) is 30.4 Å². The lowest BCUT2D eigenvalue weighted by atomic mass is 9.99. The van der Waals surface area contributed by atoms with Crippen LogP contribution in [0, 0.1) is 0 Å². The Labute approximate surface area is 544 Å². The average Bonchev–Trinajstić information content (AvgIpc) is 0.843. The summed E-state index contributed by atoms with van der Waals surface area (Å²) in [6.45, 7) is -4.12. The number of carbonyl (C=O) groups excluding carboxylic acids is 2. The van der Waals surface area contributed by atoms with E-state index < -0.39 is 238 Å². The van der Waals surface area contributed by atoms with Crippen LogP contribution in [-0.2, 0) is 142 Å². The van der Waals surface area contributed by atoms with Crippen molar-refractivity contribution in [3.05, 3.63) is 0 Å². The highest BCUT2D eigenvalue weighted by atomic mass is 32.3. The van der Waals surface area contributed by atoms with Gasteiger partial charge in [-0.05, 0) is 0 Å². The fourth-order valence-corrected chi connectivity index (χ4v) is 10.6. The second-order valence-electron chi connectivity index (χ2n) is 17.2. The molecule has 52 nitrogen and oxygen atoms in total. The van der Waals surface area contributed by atoms with Crippen molar-refractivity contribution in [1.29, 1.82) is 0 Å². The van der Waals surface area contributed by atoms with Crippen LogP contribution in [0.2, 0.25) is 0 Å². The van der Waals surface area contributed by atoms with Crippen LogP contribution in [-0.4, -0.2) is 333 Å². The monoisotopic (exact) mass is 1580 g/mol. The molecule has 17 N–H and O–H groups in total. The van der Waals surface area contributed by atoms with Gasteiger partial charge in [-0.25, -0.2) is 81.5 Å². The van der Waals surface area contributed by atoms with E-state index in [1.807, 2.05) is 0 Å². The van der Waals surface area contributed by atoms with E-state index in [1.54, 1.807) is 9.44 Å². The molecule has 5 aliphatic heterocycles. The van der Waals surface area contributed by atoms with E-state index in [1.165, 1.54) is 4.72 Å². The number of nitrogens with one attached hydrogen (secondary N) is 3. The van der Waals surface area contributed by atoms with Gasteiger partial charge in [-0.1, -0.05) is 22.3 Å². The summed E-state index contributed by atoms with van der Waals surface area (Å²) in [5.41, 5.74) is 0. The number of carboxylic acids is 2. The van der Waals surface area contributed by atoms with E-state index in [4.69, 9.17) is 34.3 Å². The Hall–Kier alpha value is -2.74. The number of hydrogen-bond acceptors (Lipinski definition) is 45. The third kappa shape index (κ3) is 51.1. The highest BCUT2D eigenvalue weighted by Gasteiger charge is 2.41. The van der Waals surface area contributed by atoms with Crippen LogP contribution >= 0.6 is 0 Å². The number of hydrogen-bond donors (Lipinski definition) is 9. The van der Waals surface area contributed by atoms with Crippen LogP contribution < -0.4 is 24.4 Å². The first kappa shape index (κ1) is 108. The first-order chi connectivity index (χ1) is 39.8. The summed E-state index contributed by atoms with van der Waals surface area (Å²) in [4.78, 5) is 20.5. The number of carboxylic acid groups (broad SMARTS) is 2. The molecule has 10 unspecified atom stereocenters. The van der Waals surface area contributed by atoms with Gasteiger partial charge in [0.05, 0.1) is 132 Å². The van der Waals surface area contributed by atoms with Crippen LogP contribution in [0.15, 0.2) is 0 Å². The lowest BCUT2D eigenvalue weighted by molar-refractivity contribution is -0.322. The van der Waals surface area contributed by atoms with Crippen molar-refractivity contribution >= 4 is 94.8 Å². The van der Waals surface area contributed by atoms with Gasteiger partial charge in [0.15, 0.2) is 30.9 Å². The molecule has 16 atom stereocenters. The largest absolute Gasteiger partial charge is 0.735 e. The van der Waals surface area contributed by atoms with E-state index in [-0.39, 0.29) is 76.7 Å². The Balaban J connectivity index is -0.000000164. The Morgan fingerprint density at radius 3 is 1.13 bits per heavy atom. The average molecular weight is 1580 g/mol. The normalized spacial score (nSPS) is 28.6. The summed E-state index contributed by atoms with van der Waals surface area (Å²) < 4.78 is 303. The SMILES string of the molecule is C.C.C.CO.CO[C@@H]1C(COS(=O)(=O)[O-])OCC(NS(=O)(=O)[O-])[C@@H]1O.O.O.O.O.O=C([O-])C1C[C@@H](O)C(O)CO1.O=C([O-])C1C[C@@H](O)C(OS(=O)(=O)[O-])CO1.O=S(=O)([O-])NC1COC(COS(=O)(=O)[O-])C[C@H]1O.O=S(=O)([O-])NC1COC(COS(=O)(=O)[O-])C[C@H]1OS(=O)(=O)[O-]. The molecule has 582 valence electrons. The number of aliphatic hydroxyl groups excluding tert-OH is 6. The molecule has 0 bridgehead atoms. The molecule has 0 aliphatic carbocycles. The van der Waals surface area contributed by atoms with E-state index in [0.29, 0.717) is 0 Å². The number of aliphatic hydroxyl groups is 6. The molecule has 5 rings (SSSR count). The minimum Gasteiger partial charge on any atom is -0.735 e. The molecule has 0 saturated carbocycles. The van der Waals surface area contributed by atoms with Gasteiger partial charge in [-0.2, -0.15) is 0 Å². The van der Waals surface area contributed by atoms with E-state index in [9.17, 15) is 139 Å². The molecule has 5 aliphatic rings. The van der Waals surface area contributed by atoms with Crippen LogP contribution in [0.3, 0.4) is 0 Å². The third-order valence-corrected chi connectivity index (χ3v) is 14.6. The van der Waals surface area contributed by atoms with Gasteiger partial charge in [0.1, 0.15) is 30.5 Å². The number of aliphatic carboxylic acids is 2. The number of ether oxygens (including phenoxy) is 6. The molecule has 0 amide bonds. The number of rotatable bonds is 22. The van der Waals surface area contributed by atoms with Crippen LogP contribution in [0.1, 0.15) is 48.0 Å². The fraction of sp³-hybridized carbons (Fsp3) is 0.943. The zero-order valence-corrected chi connectivity index (χ0v) is 52.6. The zero-order valence-electron chi connectivity index (χ0n) is 46.1. The molecule has 0 radical (unpaired) electrons. The molecule has 5 heterocycles. The maximum Gasteiger partial charge on any atom is 0.218 e. The highest BCUT2D eigenvalue weighted by Crippen LogP contribution is 2.23. The van der Waals surface area contributed by atoms with Crippen molar-refractivity contribution in [2.24, 2.45) is 0 Å². The Morgan fingerprint density at radius 1 is 0.421 bits per heavy atom. The van der Waals surface area contributed by atoms with Crippen molar-refractivity contribution in [3.63, 3.8) is 0 Å². The van der Waals surface area contributed by atoms with Crippen molar-refractivity contribution in [1.82, 2.24) is 14.2 Å². The predicted octanol–water partition coefficient (Wildman–Crippen LogP) is -17.6. The minimum absolute atomic E-state index is 0. The second-order valence-corrected chi connectivity index (χ2v) is 25.8. The van der Waals surface area contributed by atoms with Crippen molar-refractivity contribution in [2.75, 3.05) is 67.1 Å². The first-order valence-corrected chi connectivity index (χ1v) is 33.8. The number of methoxy groups -OCH3 is 1. The molecule has 60 heteroatoms. The third-order valence-electron chi connectivity index (χ3n) is 10.6. The quantitative estimate of drug-likeness (QED) is 0.0359. The maximum atomic E-state index is 10.6. The lowest BCUT2D eigenvalue weighted by Gasteiger charge is -2.39. The molecule has 5 fully saturated rings. The summed E-state index contributed by atoms with van der Waals surface area (Å²) in [5.74, 6) is -2.87. The topological polar surface area (TPSA) is 923 Å². The van der Waals surface area contributed by atoms with Crippen LogP contribution in [0.4, 0.5) is 0 Å². The first-order valence-electron chi connectivity index (χ1n) is 22.9. The van der Waals surface area contributed by atoms with Crippen molar-refractivity contribution in [2.45, 2.75) is 145 Å². The predicted molar refractivity (Wildman–Crippen MR) is 287 cm³/mol. The molecule has 0 spiro atoms. The van der Waals surface area contributed by atoms with Gasteiger partial charge in [0.25, 0.3) is 0 Å². The Morgan fingerprint density at radius 2 is 0.768 bits per heavy atom. The highest BCUT2D eigenvalue weighted by molar-refractivity contribution is 7.84. The number of carbonyl (C=O) groups is 2. The van der Waals surface area contributed by atoms with E-state index >= 15 is 0 Å². The van der Waals surface area contributed by atoms with Gasteiger partial charge >= 0.3 is 0 Å². The van der Waals surface area contributed by atoms with Crippen LogP contribution in [0.25, 0.3) is 0 Å². The standard InChI is InChI=1S/C7H15NO10S2.C6H13NO12S3.C6H13NO9S2.C6H10O8S.C6H10O5.CH4O.3CH4.4H2O/c1-16-7-5(3-18-20(13,14)15)17-2-4(6(7)9)8-19(10,11)12;8-20(9,10)7-5-3-17-4(2-18-21(11,12)13)1-6(5)19-22(14,15)16;8-6-1-4(2-16-18(12,13)14)15-3-5(6)7-17(9,10)11;7-3-1-4(6(8)9)13-2-5(3)14-15(10,11)12;7-3-1-5(6(9)10)11-2-4(3)8;1-2;;;;;;;/h4-9H,2-3H2,1H3,(H,10,11,12)(H,13,14,15);4-7H,1-3H2,(H,8,9,10)(H,11,12,13)(H,14,15,16);4-8H,1-3H2,(H,9,10,11)(H,12,13,14);3-5,7H,1-2H2,(H,8,9)(H,10,11,12);3-5,7-8H,1-2H2,(H,9,10);2H,1H3;3*1H4;4*1H2/p-10/t4?,5?,6-,7+;2*4?,5?,6-;2*3-,4?,5?;;;;;;;;/m01111......../s1. The van der Waals surface area contributed by atoms with E-state index in [0.717, 1.165) is 14.2 Å². The summed E-state index contributed by atoms with van der Waals surface area (Å²) in [5, 5.41) is 74.0. The molecule has 0 aromatic rings. The van der Waals surface area contributed by atoms with Crippen molar-refractivity contribution < 1.29 is 225 Å². The lowest BCUT2D eigenvalue weighted by Crippen LogP contribution is -2.60. The molecule has 95 heavy (non-hydrogen) atoms. The smallest absolute Gasteiger partial charge is 0.218 e. The summed E-state index contributed by atoms with van der Waals surface area (Å²) in [6.07, 6.45) is -17.1. The Kier molecular flexibility index (Phi) is 54.0. The molecule has 5 saturated heterocycles. The maximum absolute atomic E-state index is 10.6. The minimum atomic E-state index is -5.24. The Bertz CT molecular complexity index is 3090. The second kappa shape index (κ2) is 47.4. The van der Waals surface area contributed by atoms with Gasteiger partial charge in [-0.3, -0.25) is 20.9 Å². The van der Waals surface area contributed by atoms with Crippen molar-refractivity contribution in [3.8, 4) is 0 Å². The molecule has 0 aromatic heterocycles. The van der Waals surface area contributed by atoms with Gasteiger partial charge in [0.2, 0.25) is 52.0 Å².